The smallest absolute Gasteiger partial charge is 0.254 e. The molecule has 5 nitrogen and oxygen atoms in total. The third-order valence-electron chi connectivity index (χ3n) is 2.42. The van der Waals surface area contributed by atoms with Gasteiger partial charge in [0.1, 0.15) is 6.04 Å². The second-order valence-corrected chi connectivity index (χ2v) is 5.08. The first kappa shape index (κ1) is 14.5. The van der Waals surface area contributed by atoms with Gasteiger partial charge in [0.2, 0.25) is 5.91 Å². The van der Waals surface area contributed by atoms with Crippen LogP contribution in [0.15, 0.2) is 22.7 Å². The SMILES string of the molecule is CC(NC(=O)c1cc(Br)ccc1N)C(=O)N(C)C. The van der Waals surface area contributed by atoms with Crippen LogP contribution in [0.4, 0.5) is 5.69 Å². The van der Waals surface area contributed by atoms with Gasteiger partial charge in [-0.15, -0.1) is 0 Å². The minimum atomic E-state index is -0.592. The zero-order chi connectivity index (χ0) is 13.9. The highest BCUT2D eigenvalue weighted by Crippen LogP contribution is 2.18. The van der Waals surface area contributed by atoms with Gasteiger partial charge >= 0.3 is 0 Å². The number of amides is 2. The Kier molecular flexibility index (Phi) is 4.72. The number of benzene rings is 1. The first-order chi connectivity index (χ1) is 8.32. The van der Waals surface area contributed by atoms with E-state index in [4.69, 9.17) is 5.73 Å². The minimum absolute atomic E-state index is 0.170. The maximum absolute atomic E-state index is 12.0. The molecule has 18 heavy (non-hydrogen) atoms. The predicted molar refractivity (Wildman–Crippen MR) is 74.2 cm³/mol. The molecule has 0 aliphatic heterocycles. The highest BCUT2D eigenvalue weighted by atomic mass is 79.9. The Labute approximate surface area is 114 Å². The number of carbonyl (C=O) groups excluding carboxylic acids is 2. The Morgan fingerprint density at radius 2 is 2.00 bits per heavy atom. The van der Waals surface area contributed by atoms with Gasteiger partial charge in [-0.05, 0) is 25.1 Å². The van der Waals surface area contributed by atoms with Crippen molar-refractivity contribution in [2.24, 2.45) is 0 Å². The fourth-order valence-electron chi connectivity index (χ4n) is 1.45. The van der Waals surface area contributed by atoms with E-state index in [1.807, 2.05) is 0 Å². The Balaban J connectivity index is 2.83. The molecule has 1 atom stereocenters. The average Bonchev–Trinajstić information content (AvgIpc) is 2.30. The van der Waals surface area contributed by atoms with E-state index in [-0.39, 0.29) is 11.8 Å². The molecule has 1 unspecified atom stereocenters. The van der Waals surface area contributed by atoms with Crippen molar-refractivity contribution in [2.75, 3.05) is 19.8 Å². The number of rotatable bonds is 3. The standard InChI is InChI=1S/C12H16BrN3O2/c1-7(12(18)16(2)3)15-11(17)9-6-8(13)4-5-10(9)14/h4-7H,14H2,1-3H3,(H,15,17). The molecular formula is C12H16BrN3O2. The highest BCUT2D eigenvalue weighted by molar-refractivity contribution is 9.10. The Morgan fingerprint density at radius 3 is 2.56 bits per heavy atom. The summed E-state index contributed by atoms with van der Waals surface area (Å²) in [4.78, 5) is 25.0. The molecule has 0 heterocycles. The van der Waals surface area contributed by atoms with Crippen molar-refractivity contribution < 1.29 is 9.59 Å². The summed E-state index contributed by atoms with van der Waals surface area (Å²) in [6.45, 7) is 1.63. The summed E-state index contributed by atoms with van der Waals surface area (Å²) in [6.07, 6.45) is 0. The maximum Gasteiger partial charge on any atom is 0.254 e. The number of hydrogen-bond acceptors (Lipinski definition) is 3. The number of carbonyl (C=O) groups is 2. The molecule has 1 aromatic rings. The van der Waals surface area contributed by atoms with Gasteiger partial charge < -0.3 is 16.0 Å². The van der Waals surface area contributed by atoms with Crippen LogP contribution in [0, 0.1) is 0 Å². The predicted octanol–water partition coefficient (Wildman–Crippen LogP) is 1.24. The summed E-state index contributed by atoms with van der Waals surface area (Å²) >= 11 is 3.27. The van der Waals surface area contributed by atoms with Gasteiger partial charge in [-0.2, -0.15) is 0 Å². The summed E-state index contributed by atoms with van der Waals surface area (Å²) in [6, 6.07) is 4.42. The molecule has 6 heteroatoms. The molecule has 3 N–H and O–H groups in total. The molecule has 1 aromatic carbocycles. The first-order valence-corrected chi connectivity index (χ1v) is 6.19. The van der Waals surface area contributed by atoms with Gasteiger partial charge in [-0.25, -0.2) is 0 Å². The van der Waals surface area contributed by atoms with Crippen molar-refractivity contribution in [3.05, 3.63) is 28.2 Å². The summed E-state index contributed by atoms with van der Waals surface area (Å²) < 4.78 is 0.758. The molecule has 0 aliphatic rings. The van der Waals surface area contributed by atoms with Crippen LogP contribution >= 0.6 is 15.9 Å². The number of nitrogens with one attached hydrogen (secondary N) is 1. The van der Waals surface area contributed by atoms with E-state index in [9.17, 15) is 9.59 Å². The van der Waals surface area contributed by atoms with E-state index in [1.54, 1.807) is 39.2 Å². The van der Waals surface area contributed by atoms with Crippen LogP contribution in [0.1, 0.15) is 17.3 Å². The van der Waals surface area contributed by atoms with Crippen molar-refractivity contribution >= 4 is 33.4 Å². The van der Waals surface area contributed by atoms with E-state index < -0.39 is 6.04 Å². The summed E-state index contributed by atoms with van der Waals surface area (Å²) in [5.41, 5.74) is 6.45. The largest absolute Gasteiger partial charge is 0.398 e. The van der Waals surface area contributed by atoms with Gasteiger partial charge in [0.25, 0.3) is 5.91 Å². The van der Waals surface area contributed by atoms with Crippen molar-refractivity contribution in [3.63, 3.8) is 0 Å². The van der Waals surface area contributed by atoms with Gasteiger partial charge in [0.05, 0.1) is 5.56 Å². The Hall–Kier alpha value is -1.56. The molecule has 0 saturated carbocycles. The van der Waals surface area contributed by atoms with Crippen molar-refractivity contribution in [1.29, 1.82) is 0 Å². The molecule has 0 bridgehead atoms. The van der Waals surface area contributed by atoms with E-state index in [1.165, 1.54) is 4.90 Å². The zero-order valence-electron chi connectivity index (χ0n) is 10.5. The van der Waals surface area contributed by atoms with Crippen LogP contribution < -0.4 is 11.1 Å². The topological polar surface area (TPSA) is 75.4 Å². The third-order valence-corrected chi connectivity index (χ3v) is 2.91. The molecular weight excluding hydrogens is 298 g/mol. The molecule has 0 radical (unpaired) electrons. The van der Waals surface area contributed by atoms with Gasteiger partial charge in [-0.3, -0.25) is 9.59 Å². The normalized spacial score (nSPS) is 11.8. The van der Waals surface area contributed by atoms with Gasteiger partial charge in [-0.1, -0.05) is 15.9 Å². The average molecular weight is 314 g/mol. The number of nitrogens with two attached hydrogens (primary N) is 1. The monoisotopic (exact) mass is 313 g/mol. The van der Waals surface area contributed by atoms with Gasteiger partial charge in [0.15, 0.2) is 0 Å². The van der Waals surface area contributed by atoms with Crippen LogP contribution in [0.2, 0.25) is 0 Å². The lowest BCUT2D eigenvalue weighted by molar-refractivity contribution is -0.130. The number of nitrogen functional groups attached to an aromatic ring is 1. The lowest BCUT2D eigenvalue weighted by Gasteiger charge is -2.18. The molecule has 0 saturated heterocycles. The number of likely N-dealkylation sites (N-methyl/N-ethyl adjacent to an activating group) is 1. The first-order valence-electron chi connectivity index (χ1n) is 5.40. The molecule has 0 aromatic heterocycles. The molecule has 2 amide bonds. The lowest BCUT2D eigenvalue weighted by atomic mass is 10.1. The zero-order valence-corrected chi connectivity index (χ0v) is 12.1. The van der Waals surface area contributed by atoms with E-state index in [2.05, 4.69) is 21.2 Å². The van der Waals surface area contributed by atoms with Crippen molar-refractivity contribution in [3.8, 4) is 0 Å². The second kappa shape index (κ2) is 5.86. The van der Waals surface area contributed by atoms with Crippen molar-refractivity contribution in [2.45, 2.75) is 13.0 Å². The number of hydrogen-bond donors (Lipinski definition) is 2. The number of nitrogens with zero attached hydrogens (tertiary/aromatic N) is 1. The van der Waals surface area contributed by atoms with Crippen LogP contribution in [0.3, 0.4) is 0 Å². The summed E-state index contributed by atoms with van der Waals surface area (Å²) in [5.74, 6) is -0.534. The summed E-state index contributed by atoms with van der Waals surface area (Å²) in [5, 5.41) is 2.61. The molecule has 98 valence electrons. The quantitative estimate of drug-likeness (QED) is 0.824. The minimum Gasteiger partial charge on any atom is -0.398 e. The van der Waals surface area contributed by atoms with E-state index in [0.29, 0.717) is 11.3 Å². The van der Waals surface area contributed by atoms with Crippen LogP contribution in [-0.4, -0.2) is 36.9 Å². The fraction of sp³-hybridized carbons (Fsp3) is 0.333. The Bertz CT molecular complexity index is 474. The van der Waals surface area contributed by atoms with E-state index in [0.717, 1.165) is 4.47 Å². The fourth-order valence-corrected chi connectivity index (χ4v) is 1.81. The molecule has 0 fully saturated rings. The summed E-state index contributed by atoms with van der Waals surface area (Å²) in [7, 11) is 3.27. The molecule has 1 rings (SSSR count). The van der Waals surface area contributed by atoms with Crippen LogP contribution in [0.5, 0.6) is 0 Å². The molecule has 0 spiro atoms. The number of halogens is 1. The maximum atomic E-state index is 12.0. The van der Waals surface area contributed by atoms with Crippen LogP contribution in [-0.2, 0) is 4.79 Å². The Morgan fingerprint density at radius 1 is 1.39 bits per heavy atom. The van der Waals surface area contributed by atoms with Gasteiger partial charge in [0, 0.05) is 24.3 Å². The highest BCUT2D eigenvalue weighted by Gasteiger charge is 2.19. The van der Waals surface area contributed by atoms with Crippen LogP contribution in [0.25, 0.3) is 0 Å². The third kappa shape index (κ3) is 3.46. The lowest BCUT2D eigenvalue weighted by Crippen LogP contribution is -2.44. The second-order valence-electron chi connectivity index (χ2n) is 4.16. The van der Waals surface area contributed by atoms with E-state index >= 15 is 0 Å². The number of anilines is 1. The van der Waals surface area contributed by atoms with Crippen molar-refractivity contribution in [1.82, 2.24) is 10.2 Å². The molecule has 0 aliphatic carbocycles.